The molecule has 9 aromatic carbocycles. The van der Waals surface area contributed by atoms with Crippen LogP contribution in [0, 0.1) is 0 Å². The maximum atomic E-state index is 2.44. The van der Waals surface area contributed by atoms with Crippen LogP contribution >= 0.6 is 0 Å². The lowest BCUT2D eigenvalue weighted by molar-refractivity contribution is 1.16. The first-order valence-electron chi connectivity index (χ1n) is 19.6. The molecule has 3 heterocycles. The molecule has 0 bridgehead atoms. The summed E-state index contributed by atoms with van der Waals surface area (Å²) in [6.07, 6.45) is 0. The minimum Gasteiger partial charge on any atom is -0.309 e. The van der Waals surface area contributed by atoms with Crippen molar-refractivity contribution in [1.82, 2.24) is 13.7 Å². The third-order valence-electron chi connectivity index (χ3n) is 11.8. The zero-order valence-electron chi connectivity index (χ0n) is 31.0. The fourth-order valence-electron chi connectivity index (χ4n) is 9.26. The Bertz CT molecular complexity index is 3500. The van der Waals surface area contributed by atoms with E-state index in [4.69, 9.17) is 0 Å². The summed E-state index contributed by atoms with van der Waals surface area (Å²) in [7, 11) is 0. The topological polar surface area (TPSA) is 14.8 Å². The van der Waals surface area contributed by atoms with Crippen molar-refractivity contribution in [3.05, 3.63) is 212 Å². The summed E-state index contributed by atoms with van der Waals surface area (Å²) in [6.45, 7) is 0. The number of nitrogens with zero attached hydrogens (tertiary/aromatic N) is 3. The fourth-order valence-corrected chi connectivity index (χ4v) is 9.26. The predicted octanol–water partition coefficient (Wildman–Crippen LogP) is 14.3. The molecular formula is C54H35N3. The largest absolute Gasteiger partial charge is 0.309 e. The maximum Gasteiger partial charge on any atom is 0.0562 e. The minimum atomic E-state index is 1.15. The van der Waals surface area contributed by atoms with Gasteiger partial charge >= 0.3 is 0 Å². The monoisotopic (exact) mass is 725 g/mol. The van der Waals surface area contributed by atoms with Crippen molar-refractivity contribution in [2.75, 3.05) is 0 Å². The third kappa shape index (κ3) is 4.86. The molecule has 266 valence electrons. The van der Waals surface area contributed by atoms with Gasteiger partial charge in [-0.3, -0.25) is 0 Å². The van der Waals surface area contributed by atoms with Gasteiger partial charge in [0.15, 0.2) is 0 Å². The lowest BCUT2D eigenvalue weighted by Gasteiger charge is -2.11. The second kappa shape index (κ2) is 12.5. The molecule has 0 saturated heterocycles. The Labute approximate surface area is 329 Å². The second-order valence-electron chi connectivity index (χ2n) is 15.0. The van der Waals surface area contributed by atoms with Crippen LogP contribution in [-0.2, 0) is 0 Å². The first-order valence-corrected chi connectivity index (χ1v) is 19.6. The normalized spacial score (nSPS) is 11.9. The van der Waals surface area contributed by atoms with Crippen LogP contribution in [0.4, 0.5) is 0 Å². The van der Waals surface area contributed by atoms with Gasteiger partial charge < -0.3 is 13.7 Å². The standard InChI is InChI=1S/C54H35N3/c1-4-15-36(16-5-1)37-17-14-22-42(31-37)57-50-26-13-11-24-44(50)47-34-48-46-33-39(28-30-52(46)56(54(48)35-53(47)57)41-20-8-3-9-21-41)38-27-29-51-45(32-38)43-23-10-12-25-49(43)55(51)40-18-6-2-7-19-40/h1-35H. The van der Waals surface area contributed by atoms with E-state index in [-0.39, 0.29) is 0 Å². The van der Waals surface area contributed by atoms with E-state index >= 15 is 0 Å². The van der Waals surface area contributed by atoms with E-state index in [2.05, 4.69) is 226 Å². The van der Waals surface area contributed by atoms with Gasteiger partial charge in [0.05, 0.1) is 33.1 Å². The fraction of sp³-hybridized carbons (Fsp3) is 0. The number of aromatic nitrogens is 3. The Morgan fingerprint density at radius 2 is 0.579 bits per heavy atom. The molecule has 3 nitrogen and oxygen atoms in total. The highest BCUT2D eigenvalue weighted by molar-refractivity contribution is 6.20. The van der Waals surface area contributed by atoms with Crippen LogP contribution in [0.2, 0.25) is 0 Å². The van der Waals surface area contributed by atoms with Crippen LogP contribution in [-0.4, -0.2) is 13.7 Å². The van der Waals surface area contributed by atoms with Crippen molar-refractivity contribution in [2.24, 2.45) is 0 Å². The van der Waals surface area contributed by atoms with Crippen LogP contribution in [0.1, 0.15) is 0 Å². The molecule has 0 fully saturated rings. The summed E-state index contributed by atoms with van der Waals surface area (Å²) in [6, 6.07) is 77.4. The van der Waals surface area contributed by atoms with Crippen molar-refractivity contribution in [1.29, 1.82) is 0 Å². The third-order valence-corrected chi connectivity index (χ3v) is 11.8. The van der Waals surface area contributed by atoms with Crippen molar-refractivity contribution in [3.63, 3.8) is 0 Å². The van der Waals surface area contributed by atoms with Gasteiger partial charge in [0.1, 0.15) is 0 Å². The minimum absolute atomic E-state index is 1.15. The van der Waals surface area contributed by atoms with Crippen LogP contribution in [0.3, 0.4) is 0 Å². The molecule has 0 amide bonds. The molecule has 12 aromatic rings. The first kappa shape index (κ1) is 31.7. The number of fused-ring (bicyclic) bond motifs is 9. The van der Waals surface area contributed by atoms with E-state index in [1.54, 1.807) is 0 Å². The highest BCUT2D eigenvalue weighted by atomic mass is 15.0. The zero-order valence-corrected chi connectivity index (χ0v) is 31.0. The van der Waals surface area contributed by atoms with Crippen LogP contribution in [0.15, 0.2) is 212 Å². The number of rotatable bonds is 5. The van der Waals surface area contributed by atoms with Gasteiger partial charge in [-0.2, -0.15) is 0 Å². The number of benzene rings is 9. The Kier molecular flexibility index (Phi) is 6.93. The smallest absolute Gasteiger partial charge is 0.0562 e. The van der Waals surface area contributed by atoms with Crippen LogP contribution in [0.25, 0.3) is 105 Å². The van der Waals surface area contributed by atoms with Crippen LogP contribution in [0.5, 0.6) is 0 Å². The molecule has 0 saturated carbocycles. The maximum absolute atomic E-state index is 2.44. The van der Waals surface area contributed by atoms with E-state index in [9.17, 15) is 0 Å². The predicted molar refractivity (Wildman–Crippen MR) is 240 cm³/mol. The first-order chi connectivity index (χ1) is 28.3. The highest BCUT2D eigenvalue weighted by Gasteiger charge is 2.20. The highest BCUT2D eigenvalue weighted by Crippen LogP contribution is 2.42. The second-order valence-corrected chi connectivity index (χ2v) is 15.0. The van der Waals surface area contributed by atoms with E-state index in [1.165, 1.54) is 93.4 Å². The van der Waals surface area contributed by atoms with Gasteiger partial charge in [0.2, 0.25) is 0 Å². The number of hydrogen-bond acceptors (Lipinski definition) is 0. The number of hydrogen-bond donors (Lipinski definition) is 0. The van der Waals surface area contributed by atoms with E-state index in [0.717, 1.165) is 11.4 Å². The average Bonchev–Trinajstić information content (AvgIpc) is 3.91. The van der Waals surface area contributed by atoms with Gasteiger partial charge in [-0.15, -0.1) is 0 Å². The van der Waals surface area contributed by atoms with Crippen molar-refractivity contribution in [2.45, 2.75) is 0 Å². The molecule has 12 rings (SSSR count). The van der Waals surface area contributed by atoms with E-state index in [0.29, 0.717) is 0 Å². The zero-order chi connectivity index (χ0) is 37.5. The average molecular weight is 726 g/mol. The molecule has 3 aromatic heterocycles. The molecule has 0 aliphatic rings. The van der Waals surface area contributed by atoms with Gasteiger partial charge in [0, 0.05) is 49.4 Å². The molecule has 0 atom stereocenters. The number of para-hydroxylation sites is 4. The van der Waals surface area contributed by atoms with Crippen molar-refractivity contribution in [3.8, 4) is 39.3 Å². The summed E-state index contributed by atoms with van der Waals surface area (Å²) in [4.78, 5) is 0. The molecule has 0 N–H and O–H groups in total. The van der Waals surface area contributed by atoms with Gasteiger partial charge in [0.25, 0.3) is 0 Å². The molecule has 0 unspecified atom stereocenters. The molecular weight excluding hydrogens is 691 g/mol. The van der Waals surface area contributed by atoms with Crippen molar-refractivity contribution < 1.29 is 0 Å². The van der Waals surface area contributed by atoms with E-state index in [1.807, 2.05) is 0 Å². The Hall–Kier alpha value is -7.62. The van der Waals surface area contributed by atoms with Crippen molar-refractivity contribution >= 4 is 65.4 Å². The van der Waals surface area contributed by atoms with Gasteiger partial charge in [-0.1, -0.05) is 127 Å². The molecule has 57 heavy (non-hydrogen) atoms. The van der Waals surface area contributed by atoms with Crippen LogP contribution < -0.4 is 0 Å². The molecule has 0 spiro atoms. The molecule has 0 aliphatic heterocycles. The summed E-state index contributed by atoms with van der Waals surface area (Å²) < 4.78 is 7.26. The van der Waals surface area contributed by atoms with Gasteiger partial charge in [-0.25, -0.2) is 0 Å². The lowest BCUT2D eigenvalue weighted by atomic mass is 10.00. The lowest BCUT2D eigenvalue weighted by Crippen LogP contribution is -1.96. The quantitative estimate of drug-likeness (QED) is 0.168. The Morgan fingerprint density at radius 3 is 1.18 bits per heavy atom. The summed E-state index contributed by atoms with van der Waals surface area (Å²) in [5, 5.41) is 7.49. The summed E-state index contributed by atoms with van der Waals surface area (Å²) in [5.74, 6) is 0. The summed E-state index contributed by atoms with van der Waals surface area (Å²) in [5.41, 5.74) is 15.5. The summed E-state index contributed by atoms with van der Waals surface area (Å²) >= 11 is 0. The molecule has 0 radical (unpaired) electrons. The SMILES string of the molecule is c1ccc(-c2cccc(-n3c4ccccc4c4cc5c6cc(-c7ccc8c(c7)c7ccccc7n8-c7ccccc7)ccc6n(-c6ccccc6)c5cc43)c2)cc1. The molecule has 3 heteroatoms. The molecule has 0 aliphatic carbocycles. The Balaban J connectivity index is 1.11. The van der Waals surface area contributed by atoms with Gasteiger partial charge in [-0.05, 0) is 107 Å². The Morgan fingerprint density at radius 1 is 0.193 bits per heavy atom. The van der Waals surface area contributed by atoms with E-state index < -0.39 is 0 Å².